The molecule has 1 aromatic carbocycles. The van der Waals surface area contributed by atoms with Gasteiger partial charge in [0, 0.05) is 25.6 Å². The van der Waals surface area contributed by atoms with Gasteiger partial charge in [-0.25, -0.2) is 4.98 Å². The van der Waals surface area contributed by atoms with Crippen molar-refractivity contribution in [2.45, 2.75) is 33.6 Å². The second-order valence-corrected chi connectivity index (χ2v) is 5.59. The maximum atomic E-state index is 8.65. The molecule has 1 heterocycles. The molecular weight excluding hydrogens is 238 g/mol. The molecule has 0 bridgehead atoms. The van der Waals surface area contributed by atoms with Crippen LogP contribution in [0.2, 0.25) is 0 Å². The molecule has 0 saturated carbocycles. The number of rotatable bonds is 5. The van der Waals surface area contributed by atoms with Gasteiger partial charge in [-0.15, -0.1) is 0 Å². The van der Waals surface area contributed by atoms with Crippen molar-refractivity contribution in [3.05, 3.63) is 24.1 Å². The van der Waals surface area contributed by atoms with Crippen LogP contribution in [0.4, 0.5) is 5.69 Å². The summed E-state index contributed by atoms with van der Waals surface area (Å²) in [7, 11) is 0. The quantitative estimate of drug-likeness (QED) is 0.883. The monoisotopic (exact) mass is 257 g/mol. The Morgan fingerprint density at radius 3 is 2.95 bits per heavy atom. The Labute approximate surface area is 113 Å². The Bertz CT molecular complexity index is 607. The Hall–Kier alpha value is -2.02. The van der Waals surface area contributed by atoms with Gasteiger partial charge in [0.1, 0.15) is 5.52 Å². The maximum absolute atomic E-state index is 8.65. The lowest BCUT2D eigenvalue weighted by atomic mass is 9.88. The number of aryl methyl sites for hydroxylation is 1. The first-order valence-corrected chi connectivity index (χ1v) is 6.48. The third kappa shape index (κ3) is 3.47. The fourth-order valence-electron chi connectivity index (χ4n) is 1.98. The molecule has 0 aliphatic heterocycles. The lowest BCUT2D eigenvalue weighted by Crippen LogP contribution is -2.22. The third-order valence-corrected chi connectivity index (χ3v) is 3.18. The van der Waals surface area contributed by atoms with Gasteiger partial charge in [-0.3, -0.25) is 0 Å². The van der Waals surface area contributed by atoms with Crippen LogP contribution in [0.1, 0.15) is 32.6 Å². The minimum absolute atomic E-state index is 0.102. The van der Waals surface area contributed by atoms with E-state index in [2.05, 4.69) is 30.2 Å². The molecule has 0 radical (unpaired) electrons. The van der Waals surface area contributed by atoms with Gasteiger partial charge in [0.05, 0.1) is 6.07 Å². The largest absolute Gasteiger partial charge is 0.441 e. The second kappa shape index (κ2) is 5.31. The molecule has 0 spiro atoms. The number of aromatic nitrogens is 1. The first kappa shape index (κ1) is 13.4. The van der Waals surface area contributed by atoms with Crippen molar-refractivity contribution in [1.82, 2.24) is 4.98 Å². The summed E-state index contributed by atoms with van der Waals surface area (Å²) in [6.07, 6.45) is 1.48. The molecule has 0 fully saturated rings. The second-order valence-electron chi connectivity index (χ2n) is 5.59. The van der Waals surface area contributed by atoms with Crippen molar-refractivity contribution in [3.63, 3.8) is 0 Å². The van der Waals surface area contributed by atoms with E-state index in [0.717, 1.165) is 29.8 Å². The molecular formula is C15H19N3O. The Morgan fingerprint density at radius 1 is 1.42 bits per heavy atom. The van der Waals surface area contributed by atoms with Gasteiger partial charge in [-0.2, -0.15) is 5.26 Å². The number of hydrogen-bond acceptors (Lipinski definition) is 4. The fraction of sp³-hybridized carbons (Fsp3) is 0.467. The van der Waals surface area contributed by atoms with Gasteiger partial charge < -0.3 is 9.73 Å². The average Bonchev–Trinajstić information content (AvgIpc) is 2.73. The Balaban J connectivity index is 2.03. The summed E-state index contributed by atoms with van der Waals surface area (Å²) in [4.78, 5) is 4.32. The summed E-state index contributed by atoms with van der Waals surface area (Å²) in [5, 5.41) is 12.1. The van der Waals surface area contributed by atoms with Crippen LogP contribution in [0.5, 0.6) is 0 Å². The molecule has 4 heteroatoms. The van der Waals surface area contributed by atoms with Crippen molar-refractivity contribution >= 4 is 16.8 Å². The van der Waals surface area contributed by atoms with E-state index in [4.69, 9.17) is 9.68 Å². The van der Waals surface area contributed by atoms with Gasteiger partial charge in [-0.05, 0) is 30.0 Å². The molecule has 1 aromatic heterocycles. The van der Waals surface area contributed by atoms with Gasteiger partial charge in [-0.1, -0.05) is 13.8 Å². The predicted octanol–water partition coefficient (Wildman–Crippen LogP) is 3.88. The van der Waals surface area contributed by atoms with E-state index in [1.54, 1.807) is 0 Å². The molecule has 2 aromatic rings. The molecule has 0 amide bonds. The van der Waals surface area contributed by atoms with Crippen LogP contribution in [-0.4, -0.2) is 11.5 Å². The molecule has 1 N–H and O–H groups in total. The van der Waals surface area contributed by atoms with Crippen molar-refractivity contribution < 1.29 is 4.42 Å². The first-order chi connectivity index (χ1) is 9.00. The molecule has 0 saturated heterocycles. The van der Waals surface area contributed by atoms with Crippen molar-refractivity contribution in [3.8, 4) is 6.07 Å². The lowest BCUT2D eigenvalue weighted by molar-refractivity contribution is 0.364. The van der Waals surface area contributed by atoms with E-state index in [1.165, 1.54) is 0 Å². The smallest absolute Gasteiger partial charge is 0.192 e. The van der Waals surface area contributed by atoms with Gasteiger partial charge in [0.2, 0.25) is 0 Å². The zero-order valence-electron chi connectivity index (χ0n) is 11.7. The van der Waals surface area contributed by atoms with Crippen molar-refractivity contribution in [2.24, 2.45) is 5.41 Å². The highest BCUT2D eigenvalue weighted by atomic mass is 16.3. The summed E-state index contributed by atoms with van der Waals surface area (Å²) in [6, 6.07) is 8.11. The van der Waals surface area contributed by atoms with Crippen LogP contribution in [-0.2, 0) is 0 Å². The van der Waals surface area contributed by atoms with Crippen LogP contribution < -0.4 is 5.32 Å². The van der Waals surface area contributed by atoms with Crippen LogP contribution in [0, 0.1) is 23.7 Å². The van der Waals surface area contributed by atoms with E-state index in [9.17, 15) is 0 Å². The molecule has 0 unspecified atom stereocenters. The summed E-state index contributed by atoms with van der Waals surface area (Å²) in [6.45, 7) is 7.00. The number of oxazole rings is 1. The van der Waals surface area contributed by atoms with E-state index in [1.807, 2.05) is 25.1 Å². The minimum atomic E-state index is 0.102. The molecule has 0 aliphatic rings. The SMILES string of the molecule is Cc1nc2cc(NCC(C)(C)CCC#N)ccc2o1. The molecule has 0 atom stereocenters. The number of benzene rings is 1. The minimum Gasteiger partial charge on any atom is -0.441 e. The maximum Gasteiger partial charge on any atom is 0.192 e. The molecule has 19 heavy (non-hydrogen) atoms. The standard InChI is InChI=1S/C15H19N3O/c1-11-18-13-9-12(5-6-14(13)19-11)17-10-15(2,3)7-4-8-16/h5-6,9,17H,4,7,10H2,1-3H3. The molecule has 4 nitrogen and oxygen atoms in total. The molecule has 2 rings (SSSR count). The zero-order valence-corrected chi connectivity index (χ0v) is 11.7. The zero-order chi connectivity index (χ0) is 13.9. The fourth-order valence-corrected chi connectivity index (χ4v) is 1.98. The predicted molar refractivity (Wildman–Crippen MR) is 75.9 cm³/mol. The summed E-state index contributed by atoms with van der Waals surface area (Å²) in [5.41, 5.74) is 2.82. The van der Waals surface area contributed by atoms with E-state index < -0.39 is 0 Å². The highest BCUT2D eigenvalue weighted by Crippen LogP contribution is 2.24. The lowest BCUT2D eigenvalue weighted by Gasteiger charge is -2.24. The summed E-state index contributed by atoms with van der Waals surface area (Å²) < 4.78 is 5.45. The van der Waals surface area contributed by atoms with Crippen LogP contribution in [0.3, 0.4) is 0 Å². The van der Waals surface area contributed by atoms with Crippen molar-refractivity contribution in [1.29, 1.82) is 5.26 Å². The van der Waals surface area contributed by atoms with Gasteiger partial charge >= 0.3 is 0 Å². The number of fused-ring (bicyclic) bond motifs is 1. The summed E-state index contributed by atoms with van der Waals surface area (Å²) in [5.74, 6) is 0.682. The van der Waals surface area contributed by atoms with E-state index in [-0.39, 0.29) is 5.41 Å². The van der Waals surface area contributed by atoms with E-state index in [0.29, 0.717) is 12.3 Å². The van der Waals surface area contributed by atoms with Crippen LogP contribution in [0.15, 0.2) is 22.6 Å². The normalized spacial score (nSPS) is 11.5. The number of nitriles is 1. The third-order valence-electron chi connectivity index (χ3n) is 3.18. The summed E-state index contributed by atoms with van der Waals surface area (Å²) >= 11 is 0. The average molecular weight is 257 g/mol. The first-order valence-electron chi connectivity index (χ1n) is 6.48. The number of nitrogens with zero attached hydrogens (tertiary/aromatic N) is 2. The Kier molecular flexibility index (Phi) is 3.75. The van der Waals surface area contributed by atoms with Crippen LogP contribution in [0.25, 0.3) is 11.1 Å². The highest BCUT2D eigenvalue weighted by Gasteiger charge is 2.17. The highest BCUT2D eigenvalue weighted by molar-refractivity contribution is 5.77. The van der Waals surface area contributed by atoms with Gasteiger partial charge in [0.15, 0.2) is 11.5 Å². The topological polar surface area (TPSA) is 61.9 Å². The number of hydrogen-bond donors (Lipinski definition) is 1. The number of anilines is 1. The number of nitrogens with one attached hydrogen (secondary N) is 1. The van der Waals surface area contributed by atoms with E-state index >= 15 is 0 Å². The van der Waals surface area contributed by atoms with Gasteiger partial charge in [0.25, 0.3) is 0 Å². The van der Waals surface area contributed by atoms with Crippen LogP contribution >= 0.6 is 0 Å². The Morgan fingerprint density at radius 2 is 2.21 bits per heavy atom. The molecule has 0 aliphatic carbocycles. The van der Waals surface area contributed by atoms with Crippen molar-refractivity contribution in [2.75, 3.05) is 11.9 Å². The molecule has 100 valence electrons.